The lowest BCUT2D eigenvalue weighted by Crippen LogP contribution is -2.36. The van der Waals surface area contributed by atoms with E-state index in [2.05, 4.69) is 26.6 Å². The zero-order chi connectivity index (χ0) is 19.4. The second kappa shape index (κ2) is 8.49. The molecule has 0 fully saturated rings. The zero-order valence-corrected chi connectivity index (χ0v) is 16.6. The van der Waals surface area contributed by atoms with Crippen LogP contribution in [-0.2, 0) is 22.5 Å². The molecule has 2 N–H and O–H groups in total. The van der Waals surface area contributed by atoms with Crippen LogP contribution in [0, 0.1) is 13.8 Å². The standard InChI is InChI=1S/C19H24N4O3S/c1-4-26-19(25)22-18-21-15-7-8-23(10-16(15)27-18)11-17(24)20-14-6-5-12(2)9-13(14)3/h5-6,9H,4,7-8,10-11H2,1-3H3,(H,20,24)(H,21,22,25). The van der Waals surface area contributed by atoms with E-state index >= 15 is 0 Å². The fraction of sp³-hybridized carbons (Fsp3) is 0.421. The van der Waals surface area contributed by atoms with E-state index in [0.29, 0.717) is 24.8 Å². The Morgan fingerprint density at radius 3 is 2.85 bits per heavy atom. The number of amides is 2. The molecule has 27 heavy (non-hydrogen) atoms. The molecule has 0 atom stereocenters. The maximum absolute atomic E-state index is 12.4. The van der Waals surface area contributed by atoms with Gasteiger partial charge in [-0.3, -0.25) is 15.0 Å². The molecule has 7 nitrogen and oxygen atoms in total. The lowest BCUT2D eigenvalue weighted by Gasteiger charge is -2.25. The number of fused-ring (bicyclic) bond motifs is 1. The number of aryl methyl sites for hydroxylation is 2. The molecule has 0 radical (unpaired) electrons. The number of ether oxygens (including phenoxy) is 1. The van der Waals surface area contributed by atoms with Gasteiger partial charge in [0.15, 0.2) is 5.13 Å². The molecule has 0 aliphatic carbocycles. The number of thiazole rings is 1. The summed E-state index contributed by atoms with van der Waals surface area (Å²) in [5.41, 5.74) is 4.06. The molecule has 2 aromatic rings. The largest absolute Gasteiger partial charge is 0.450 e. The summed E-state index contributed by atoms with van der Waals surface area (Å²) in [4.78, 5) is 31.6. The van der Waals surface area contributed by atoms with E-state index in [1.165, 1.54) is 16.9 Å². The van der Waals surface area contributed by atoms with Crippen molar-refractivity contribution < 1.29 is 14.3 Å². The molecule has 1 aromatic carbocycles. The summed E-state index contributed by atoms with van der Waals surface area (Å²) in [6.07, 6.45) is 0.265. The van der Waals surface area contributed by atoms with E-state index in [-0.39, 0.29) is 5.91 Å². The number of nitrogens with one attached hydrogen (secondary N) is 2. The van der Waals surface area contributed by atoms with Crippen molar-refractivity contribution in [3.8, 4) is 0 Å². The molecule has 1 aliphatic heterocycles. The Balaban J connectivity index is 1.56. The molecular formula is C19H24N4O3S. The van der Waals surface area contributed by atoms with Crippen molar-refractivity contribution in [3.63, 3.8) is 0 Å². The third kappa shape index (κ3) is 5.05. The van der Waals surface area contributed by atoms with Gasteiger partial charge in [0.25, 0.3) is 0 Å². The van der Waals surface area contributed by atoms with E-state index < -0.39 is 6.09 Å². The van der Waals surface area contributed by atoms with Crippen molar-refractivity contribution in [3.05, 3.63) is 39.9 Å². The highest BCUT2D eigenvalue weighted by Crippen LogP contribution is 2.28. The number of carbonyl (C=O) groups is 2. The lowest BCUT2D eigenvalue weighted by atomic mass is 10.1. The van der Waals surface area contributed by atoms with Gasteiger partial charge in [-0.05, 0) is 32.4 Å². The van der Waals surface area contributed by atoms with Gasteiger partial charge in [0.05, 0.1) is 18.8 Å². The van der Waals surface area contributed by atoms with Crippen LogP contribution in [0.5, 0.6) is 0 Å². The molecular weight excluding hydrogens is 364 g/mol. The Kier molecular flexibility index (Phi) is 6.08. The predicted octanol–water partition coefficient (Wildman–Crippen LogP) is 3.33. The topological polar surface area (TPSA) is 83.6 Å². The first-order chi connectivity index (χ1) is 12.9. The Bertz CT molecular complexity index is 849. The second-order valence-electron chi connectivity index (χ2n) is 6.56. The number of benzene rings is 1. The molecule has 1 aromatic heterocycles. The first-order valence-corrected chi connectivity index (χ1v) is 9.78. The highest BCUT2D eigenvalue weighted by Gasteiger charge is 2.23. The van der Waals surface area contributed by atoms with Crippen LogP contribution in [0.25, 0.3) is 0 Å². The fourth-order valence-electron chi connectivity index (χ4n) is 3.04. The summed E-state index contributed by atoms with van der Waals surface area (Å²) in [6.45, 7) is 7.84. The van der Waals surface area contributed by atoms with Gasteiger partial charge in [-0.15, -0.1) is 0 Å². The maximum atomic E-state index is 12.4. The Morgan fingerprint density at radius 2 is 2.11 bits per heavy atom. The van der Waals surface area contributed by atoms with Gasteiger partial charge >= 0.3 is 6.09 Å². The number of rotatable bonds is 5. The minimum atomic E-state index is -0.492. The van der Waals surface area contributed by atoms with E-state index in [4.69, 9.17) is 4.74 Å². The van der Waals surface area contributed by atoms with E-state index in [0.717, 1.165) is 34.8 Å². The van der Waals surface area contributed by atoms with Crippen LogP contribution in [0.4, 0.5) is 15.6 Å². The number of hydrogen-bond acceptors (Lipinski definition) is 6. The van der Waals surface area contributed by atoms with Crippen LogP contribution in [0.2, 0.25) is 0 Å². The number of nitrogens with zero attached hydrogens (tertiary/aromatic N) is 2. The van der Waals surface area contributed by atoms with Crippen molar-refractivity contribution in [2.24, 2.45) is 0 Å². The van der Waals surface area contributed by atoms with Crippen LogP contribution in [0.1, 0.15) is 28.6 Å². The third-order valence-corrected chi connectivity index (χ3v) is 5.32. The molecule has 0 bridgehead atoms. The summed E-state index contributed by atoms with van der Waals surface area (Å²) in [5, 5.41) is 6.18. The van der Waals surface area contributed by atoms with Crippen LogP contribution in [0.15, 0.2) is 18.2 Å². The molecule has 2 amide bonds. The smallest absolute Gasteiger partial charge is 0.413 e. The average Bonchev–Trinajstić information content (AvgIpc) is 2.99. The molecule has 0 saturated carbocycles. The van der Waals surface area contributed by atoms with E-state index in [1.807, 2.05) is 26.0 Å². The second-order valence-corrected chi connectivity index (χ2v) is 7.65. The van der Waals surface area contributed by atoms with Crippen LogP contribution < -0.4 is 10.6 Å². The molecule has 0 saturated heterocycles. The van der Waals surface area contributed by atoms with Gasteiger partial charge in [-0.1, -0.05) is 29.0 Å². The minimum Gasteiger partial charge on any atom is -0.450 e. The van der Waals surface area contributed by atoms with Crippen molar-refractivity contribution >= 4 is 34.2 Å². The SMILES string of the molecule is CCOC(=O)Nc1nc2c(s1)CN(CC(=O)Nc1ccc(C)cc1C)CC2. The van der Waals surface area contributed by atoms with Crippen molar-refractivity contribution in [2.45, 2.75) is 33.7 Å². The maximum Gasteiger partial charge on any atom is 0.413 e. The lowest BCUT2D eigenvalue weighted by molar-refractivity contribution is -0.117. The van der Waals surface area contributed by atoms with Gasteiger partial charge in [0, 0.05) is 30.1 Å². The highest BCUT2D eigenvalue weighted by molar-refractivity contribution is 7.15. The fourth-order valence-corrected chi connectivity index (χ4v) is 4.07. The van der Waals surface area contributed by atoms with Crippen molar-refractivity contribution in [1.29, 1.82) is 0 Å². The third-order valence-electron chi connectivity index (χ3n) is 4.32. The van der Waals surface area contributed by atoms with Crippen LogP contribution >= 0.6 is 11.3 Å². The van der Waals surface area contributed by atoms with E-state index in [1.54, 1.807) is 6.92 Å². The Hall–Kier alpha value is -2.45. The summed E-state index contributed by atoms with van der Waals surface area (Å²) < 4.78 is 4.88. The molecule has 0 unspecified atom stereocenters. The molecule has 3 rings (SSSR count). The Labute approximate surface area is 162 Å². The number of hydrogen-bond donors (Lipinski definition) is 2. The van der Waals surface area contributed by atoms with E-state index in [9.17, 15) is 9.59 Å². The molecule has 0 spiro atoms. The number of aromatic nitrogens is 1. The first-order valence-electron chi connectivity index (χ1n) is 8.96. The van der Waals surface area contributed by atoms with Gasteiger partial charge in [0.1, 0.15) is 0 Å². The number of anilines is 2. The normalized spacial score (nSPS) is 13.7. The minimum absolute atomic E-state index is 0.0280. The molecule has 2 heterocycles. The summed E-state index contributed by atoms with van der Waals surface area (Å²) in [5.74, 6) is -0.0280. The highest BCUT2D eigenvalue weighted by atomic mass is 32.1. The number of carbonyl (C=O) groups excluding carboxylic acids is 2. The van der Waals surface area contributed by atoms with Crippen molar-refractivity contribution in [1.82, 2.24) is 9.88 Å². The summed E-state index contributed by atoms with van der Waals surface area (Å²) >= 11 is 1.43. The van der Waals surface area contributed by atoms with Crippen molar-refractivity contribution in [2.75, 3.05) is 30.3 Å². The van der Waals surface area contributed by atoms with Crippen LogP contribution in [-0.4, -0.2) is 41.6 Å². The molecule has 8 heteroatoms. The average molecular weight is 388 g/mol. The summed E-state index contributed by atoms with van der Waals surface area (Å²) in [6, 6.07) is 5.98. The quantitative estimate of drug-likeness (QED) is 0.821. The first kappa shape index (κ1) is 19.3. The van der Waals surface area contributed by atoms with Gasteiger partial charge in [0.2, 0.25) is 5.91 Å². The predicted molar refractivity (Wildman–Crippen MR) is 106 cm³/mol. The molecule has 1 aliphatic rings. The van der Waals surface area contributed by atoms with Gasteiger partial charge in [-0.25, -0.2) is 9.78 Å². The Morgan fingerprint density at radius 1 is 1.30 bits per heavy atom. The summed E-state index contributed by atoms with van der Waals surface area (Å²) in [7, 11) is 0. The van der Waals surface area contributed by atoms with Gasteiger partial charge < -0.3 is 10.1 Å². The zero-order valence-electron chi connectivity index (χ0n) is 15.8. The monoisotopic (exact) mass is 388 g/mol. The van der Waals surface area contributed by atoms with Gasteiger partial charge in [-0.2, -0.15) is 0 Å². The molecule has 144 valence electrons. The van der Waals surface area contributed by atoms with Crippen LogP contribution in [0.3, 0.4) is 0 Å².